The van der Waals surface area contributed by atoms with Gasteiger partial charge < -0.3 is 5.32 Å². The smallest absolute Gasteiger partial charge is 0.223 e. The molecule has 0 spiro atoms. The van der Waals surface area contributed by atoms with E-state index in [4.69, 9.17) is 0 Å². The lowest BCUT2D eigenvalue weighted by atomic mass is 10.1. The van der Waals surface area contributed by atoms with Crippen LogP contribution in [0.1, 0.15) is 35.8 Å². The van der Waals surface area contributed by atoms with E-state index in [2.05, 4.69) is 53.8 Å². The first-order valence-corrected chi connectivity index (χ1v) is 7.73. The van der Waals surface area contributed by atoms with Gasteiger partial charge in [-0.05, 0) is 29.9 Å². The average Bonchev–Trinajstić information content (AvgIpc) is 3.43. The third-order valence-electron chi connectivity index (χ3n) is 4.70. The molecule has 0 aliphatic heterocycles. The van der Waals surface area contributed by atoms with Crippen molar-refractivity contribution < 1.29 is 4.79 Å². The fourth-order valence-corrected chi connectivity index (χ4v) is 3.27. The molecule has 0 bridgehead atoms. The van der Waals surface area contributed by atoms with E-state index >= 15 is 0 Å². The normalized spacial score (nSPS) is 29.7. The van der Waals surface area contributed by atoms with Gasteiger partial charge in [-0.2, -0.15) is 0 Å². The molecule has 1 amide bonds. The van der Waals surface area contributed by atoms with Crippen molar-refractivity contribution in [2.75, 3.05) is 0 Å². The van der Waals surface area contributed by atoms with Crippen LogP contribution in [0.15, 0.2) is 60.7 Å². The van der Waals surface area contributed by atoms with Gasteiger partial charge in [-0.25, -0.2) is 0 Å². The highest BCUT2D eigenvalue weighted by atomic mass is 16.2. The van der Waals surface area contributed by atoms with Crippen LogP contribution in [0.4, 0.5) is 0 Å². The van der Waals surface area contributed by atoms with Crippen molar-refractivity contribution in [2.45, 2.75) is 30.7 Å². The summed E-state index contributed by atoms with van der Waals surface area (Å²) >= 11 is 0. The predicted molar refractivity (Wildman–Crippen MR) is 83.0 cm³/mol. The summed E-state index contributed by atoms with van der Waals surface area (Å²) in [7, 11) is 0. The van der Waals surface area contributed by atoms with Gasteiger partial charge >= 0.3 is 0 Å². The van der Waals surface area contributed by atoms with E-state index in [1.165, 1.54) is 11.1 Å². The summed E-state index contributed by atoms with van der Waals surface area (Å²) in [6.07, 6.45) is 2.08. The molecule has 2 aromatic carbocycles. The highest BCUT2D eigenvalue weighted by molar-refractivity contribution is 5.83. The van der Waals surface area contributed by atoms with Gasteiger partial charge in [0.25, 0.3) is 0 Å². The Kier molecular flexibility index (Phi) is 3.03. The Morgan fingerprint density at radius 2 is 1.38 bits per heavy atom. The summed E-state index contributed by atoms with van der Waals surface area (Å²) in [5, 5.41) is 3.23. The molecule has 2 aliphatic carbocycles. The second-order valence-electron chi connectivity index (χ2n) is 6.23. The summed E-state index contributed by atoms with van der Waals surface area (Å²) in [6, 6.07) is 21.2. The first-order chi connectivity index (χ1) is 10.3. The van der Waals surface area contributed by atoms with Crippen molar-refractivity contribution in [3.63, 3.8) is 0 Å². The molecule has 0 heterocycles. The van der Waals surface area contributed by atoms with Crippen LogP contribution < -0.4 is 5.32 Å². The first kappa shape index (κ1) is 12.6. The van der Waals surface area contributed by atoms with Crippen LogP contribution >= 0.6 is 0 Å². The number of carbonyl (C=O) groups excluding carboxylic acids is 1. The maximum absolute atomic E-state index is 12.3. The number of amides is 1. The molecule has 4 atom stereocenters. The third kappa shape index (κ3) is 2.58. The largest absolute Gasteiger partial charge is 0.352 e. The summed E-state index contributed by atoms with van der Waals surface area (Å²) in [5.41, 5.74) is 2.64. The standard InChI is InChI=1S/C19H19NO/c21-19(17-11-15(17)13-7-3-1-4-8-13)20-18-12-16(18)14-9-5-2-6-10-14/h1-10,15-18H,11-12H2,(H,20,21)/t15-,16-,17+,18-/m1/s1. The van der Waals surface area contributed by atoms with Crippen molar-refractivity contribution >= 4 is 5.91 Å². The Labute approximate surface area is 125 Å². The van der Waals surface area contributed by atoms with Crippen LogP contribution in [-0.2, 0) is 4.79 Å². The van der Waals surface area contributed by atoms with E-state index in [1.807, 2.05) is 12.1 Å². The zero-order valence-corrected chi connectivity index (χ0v) is 11.9. The van der Waals surface area contributed by atoms with E-state index in [-0.39, 0.29) is 11.8 Å². The van der Waals surface area contributed by atoms with Crippen molar-refractivity contribution in [1.29, 1.82) is 0 Å². The average molecular weight is 277 g/mol. The fourth-order valence-electron chi connectivity index (χ4n) is 3.27. The van der Waals surface area contributed by atoms with Gasteiger partial charge in [0, 0.05) is 17.9 Å². The number of hydrogen-bond acceptors (Lipinski definition) is 1. The molecule has 0 saturated heterocycles. The quantitative estimate of drug-likeness (QED) is 0.911. The molecule has 2 aromatic rings. The molecule has 0 unspecified atom stereocenters. The van der Waals surface area contributed by atoms with Crippen LogP contribution in [0.5, 0.6) is 0 Å². The van der Waals surface area contributed by atoms with Gasteiger partial charge in [-0.3, -0.25) is 4.79 Å². The maximum Gasteiger partial charge on any atom is 0.223 e. The lowest BCUT2D eigenvalue weighted by Gasteiger charge is -2.05. The minimum atomic E-state index is 0.185. The van der Waals surface area contributed by atoms with Crippen LogP contribution in [0.3, 0.4) is 0 Å². The third-order valence-corrected chi connectivity index (χ3v) is 4.70. The SMILES string of the molecule is O=C(N[C@@H]1C[C@@H]1c1ccccc1)[C@H]1C[C@@H]1c1ccccc1. The first-order valence-electron chi connectivity index (χ1n) is 7.73. The molecule has 2 aliphatic rings. The highest BCUT2D eigenvalue weighted by Gasteiger charge is 2.47. The van der Waals surface area contributed by atoms with Crippen molar-refractivity contribution in [2.24, 2.45) is 5.92 Å². The molecular weight excluding hydrogens is 258 g/mol. The van der Waals surface area contributed by atoms with Gasteiger partial charge in [0.1, 0.15) is 0 Å². The Morgan fingerprint density at radius 1 is 0.810 bits per heavy atom. The Hall–Kier alpha value is -2.09. The zero-order valence-electron chi connectivity index (χ0n) is 11.9. The van der Waals surface area contributed by atoms with Gasteiger partial charge in [0.15, 0.2) is 0 Å². The van der Waals surface area contributed by atoms with Crippen LogP contribution in [0.2, 0.25) is 0 Å². The molecule has 2 nitrogen and oxygen atoms in total. The molecule has 2 saturated carbocycles. The number of hydrogen-bond donors (Lipinski definition) is 1. The Balaban J connectivity index is 1.33. The lowest BCUT2D eigenvalue weighted by Crippen LogP contribution is -2.28. The minimum absolute atomic E-state index is 0.185. The minimum Gasteiger partial charge on any atom is -0.352 e. The number of rotatable bonds is 4. The lowest BCUT2D eigenvalue weighted by molar-refractivity contribution is -0.122. The summed E-state index contributed by atoms with van der Waals surface area (Å²) in [6.45, 7) is 0. The van der Waals surface area contributed by atoms with E-state index < -0.39 is 0 Å². The summed E-state index contributed by atoms with van der Waals surface area (Å²) < 4.78 is 0. The molecule has 106 valence electrons. The second-order valence-corrected chi connectivity index (χ2v) is 6.23. The number of benzene rings is 2. The molecule has 0 aromatic heterocycles. The van der Waals surface area contributed by atoms with Crippen LogP contribution in [0.25, 0.3) is 0 Å². The summed E-state index contributed by atoms with van der Waals surface area (Å²) in [5.74, 6) is 1.38. The number of carbonyl (C=O) groups is 1. The van der Waals surface area contributed by atoms with E-state index in [0.29, 0.717) is 17.9 Å². The van der Waals surface area contributed by atoms with Crippen LogP contribution in [-0.4, -0.2) is 11.9 Å². The Bertz CT molecular complexity index is 637. The number of nitrogens with one attached hydrogen (secondary N) is 1. The monoisotopic (exact) mass is 277 g/mol. The fraction of sp³-hybridized carbons (Fsp3) is 0.316. The molecule has 0 radical (unpaired) electrons. The zero-order chi connectivity index (χ0) is 14.2. The molecule has 2 heteroatoms. The van der Waals surface area contributed by atoms with Crippen molar-refractivity contribution in [3.8, 4) is 0 Å². The van der Waals surface area contributed by atoms with E-state index in [1.54, 1.807) is 0 Å². The van der Waals surface area contributed by atoms with E-state index in [9.17, 15) is 4.79 Å². The van der Waals surface area contributed by atoms with Gasteiger partial charge in [0.2, 0.25) is 5.91 Å². The predicted octanol–water partition coefficient (Wildman–Crippen LogP) is 3.46. The Morgan fingerprint density at radius 3 is 2.00 bits per heavy atom. The van der Waals surface area contributed by atoms with Crippen LogP contribution in [0, 0.1) is 5.92 Å². The highest BCUT2D eigenvalue weighted by Crippen LogP contribution is 2.48. The second kappa shape index (κ2) is 5.03. The van der Waals surface area contributed by atoms with Gasteiger partial charge in [-0.15, -0.1) is 0 Å². The maximum atomic E-state index is 12.3. The molecule has 1 N–H and O–H groups in total. The van der Waals surface area contributed by atoms with Gasteiger partial charge in [-0.1, -0.05) is 60.7 Å². The van der Waals surface area contributed by atoms with E-state index in [0.717, 1.165) is 12.8 Å². The van der Waals surface area contributed by atoms with Gasteiger partial charge in [0.05, 0.1) is 0 Å². The molecule has 2 fully saturated rings. The molecule has 4 rings (SSSR count). The summed E-state index contributed by atoms with van der Waals surface area (Å²) in [4.78, 5) is 12.3. The van der Waals surface area contributed by atoms with Crippen molar-refractivity contribution in [3.05, 3.63) is 71.8 Å². The molecular formula is C19H19NO. The van der Waals surface area contributed by atoms with Crippen molar-refractivity contribution in [1.82, 2.24) is 5.32 Å². The molecule has 21 heavy (non-hydrogen) atoms. The topological polar surface area (TPSA) is 29.1 Å².